The zero-order valence-corrected chi connectivity index (χ0v) is 14.8. The number of nitrogen functional groups attached to an aromatic ring is 3. The highest BCUT2D eigenvalue weighted by atomic mass is 14.6. The summed E-state index contributed by atoms with van der Waals surface area (Å²) in [6.07, 6.45) is 2.27. The van der Waals surface area contributed by atoms with Crippen LogP contribution in [0.25, 0.3) is 22.3 Å². The third-order valence-corrected chi connectivity index (χ3v) is 4.68. The zero-order chi connectivity index (χ0) is 18.0. The fraction of sp³-hybridized carbons (Fsp3) is 0.182. The van der Waals surface area contributed by atoms with Gasteiger partial charge in [-0.15, -0.1) is 0 Å². The Morgan fingerprint density at radius 1 is 0.680 bits per heavy atom. The number of aryl methyl sites for hydroxylation is 1. The molecule has 3 heteroatoms. The number of nitrogens with two attached hydrogens (primary N) is 3. The molecular formula is C22H25N3. The molecule has 0 saturated carbocycles. The Balaban J connectivity index is 1.96. The van der Waals surface area contributed by atoms with Gasteiger partial charge in [0.25, 0.3) is 0 Å². The number of rotatable bonds is 4. The van der Waals surface area contributed by atoms with Crippen molar-refractivity contribution in [2.75, 3.05) is 17.2 Å². The van der Waals surface area contributed by atoms with Gasteiger partial charge in [0.2, 0.25) is 0 Å². The predicted octanol–water partition coefficient (Wildman–Crippen LogP) is 5.03. The van der Waals surface area contributed by atoms with Crippen molar-refractivity contribution in [1.82, 2.24) is 0 Å². The minimum Gasteiger partial charge on any atom is -0.398 e. The van der Waals surface area contributed by atoms with Crippen LogP contribution in [0.4, 0.5) is 17.1 Å². The van der Waals surface area contributed by atoms with Crippen molar-refractivity contribution in [3.05, 3.63) is 65.7 Å². The molecule has 3 nitrogen and oxygen atoms in total. The number of hydrogen-bond donors (Lipinski definition) is 3. The minimum absolute atomic E-state index is 0.685. The van der Waals surface area contributed by atoms with E-state index in [1.807, 2.05) is 31.2 Å². The second-order valence-corrected chi connectivity index (χ2v) is 6.53. The smallest absolute Gasteiger partial charge is 0.0399 e. The van der Waals surface area contributed by atoms with E-state index < -0.39 is 0 Å². The Hall–Kier alpha value is -2.94. The van der Waals surface area contributed by atoms with Gasteiger partial charge < -0.3 is 17.2 Å². The third kappa shape index (κ3) is 3.45. The SMILES string of the molecule is CCCc1ccc(-c2ccc(-c3cc(N)c(C)c(N)c3)c(N)c2)cc1. The first-order chi connectivity index (χ1) is 12.0. The van der Waals surface area contributed by atoms with Crippen LogP contribution in [0.3, 0.4) is 0 Å². The lowest BCUT2D eigenvalue weighted by molar-refractivity contribution is 0.922. The largest absolute Gasteiger partial charge is 0.398 e. The van der Waals surface area contributed by atoms with Gasteiger partial charge in [-0.1, -0.05) is 49.7 Å². The highest BCUT2D eigenvalue weighted by molar-refractivity contribution is 5.85. The molecule has 0 unspecified atom stereocenters. The van der Waals surface area contributed by atoms with Crippen LogP contribution in [0.5, 0.6) is 0 Å². The number of hydrogen-bond acceptors (Lipinski definition) is 3. The summed E-state index contributed by atoms with van der Waals surface area (Å²) in [4.78, 5) is 0. The van der Waals surface area contributed by atoms with E-state index in [1.165, 1.54) is 11.1 Å². The van der Waals surface area contributed by atoms with Crippen molar-refractivity contribution in [3.63, 3.8) is 0 Å². The summed E-state index contributed by atoms with van der Waals surface area (Å²) >= 11 is 0. The average Bonchev–Trinajstić information content (AvgIpc) is 2.60. The Kier molecular flexibility index (Phi) is 4.66. The summed E-state index contributed by atoms with van der Waals surface area (Å²) < 4.78 is 0. The Morgan fingerprint density at radius 2 is 1.24 bits per heavy atom. The third-order valence-electron chi connectivity index (χ3n) is 4.68. The van der Waals surface area contributed by atoms with Crippen molar-refractivity contribution in [3.8, 4) is 22.3 Å². The standard InChI is InChI=1S/C22H25N3/c1-3-4-15-5-7-16(8-6-15)17-9-10-19(22(25)11-17)18-12-20(23)14(2)21(24)13-18/h5-13H,3-4,23-25H2,1-2H3. The maximum absolute atomic E-state index is 6.32. The van der Waals surface area contributed by atoms with E-state index in [-0.39, 0.29) is 0 Å². The molecule has 6 N–H and O–H groups in total. The molecule has 0 aliphatic heterocycles. The molecule has 3 aromatic rings. The molecule has 0 amide bonds. The van der Waals surface area contributed by atoms with Gasteiger partial charge in [0.15, 0.2) is 0 Å². The maximum Gasteiger partial charge on any atom is 0.0399 e. The molecule has 25 heavy (non-hydrogen) atoms. The molecule has 0 atom stereocenters. The Labute approximate surface area is 149 Å². The van der Waals surface area contributed by atoms with E-state index in [9.17, 15) is 0 Å². The molecule has 0 aliphatic rings. The van der Waals surface area contributed by atoms with Crippen LogP contribution >= 0.6 is 0 Å². The summed E-state index contributed by atoms with van der Waals surface area (Å²) in [5.41, 5.74) is 27.0. The predicted molar refractivity (Wildman–Crippen MR) is 109 cm³/mol. The van der Waals surface area contributed by atoms with Gasteiger partial charge in [0.1, 0.15) is 0 Å². The van der Waals surface area contributed by atoms with Crippen molar-refractivity contribution in [2.45, 2.75) is 26.7 Å². The highest BCUT2D eigenvalue weighted by Crippen LogP contribution is 2.34. The van der Waals surface area contributed by atoms with Crippen LogP contribution in [0, 0.1) is 6.92 Å². The summed E-state index contributed by atoms with van der Waals surface area (Å²) in [5, 5.41) is 0. The summed E-state index contributed by atoms with van der Waals surface area (Å²) in [6, 6.07) is 18.7. The van der Waals surface area contributed by atoms with Gasteiger partial charge in [-0.05, 0) is 59.4 Å². The Bertz CT molecular complexity index is 873. The topological polar surface area (TPSA) is 78.1 Å². The van der Waals surface area contributed by atoms with Gasteiger partial charge in [-0.25, -0.2) is 0 Å². The van der Waals surface area contributed by atoms with Crippen molar-refractivity contribution < 1.29 is 0 Å². The van der Waals surface area contributed by atoms with Gasteiger partial charge >= 0.3 is 0 Å². The molecule has 0 heterocycles. The van der Waals surface area contributed by atoms with E-state index in [1.54, 1.807) is 0 Å². The van der Waals surface area contributed by atoms with E-state index in [2.05, 4.69) is 37.3 Å². The van der Waals surface area contributed by atoms with Crippen LogP contribution in [0.2, 0.25) is 0 Å². The lowest BCUT2D eigenvalue weighted by Crippen LogP contribution is -1.98. The molecule has 0 aromatic heterocycles. The second kappa shape index (κ2) is 6.89. The molecule has 128 valence electrons. The maximum atomic E-state index is 6.32. The van der Waals surface area contributed by atoms with Crippen LogP contribution in [-0.2, 0) is 6.42 Å². The number of anilines is 3. The Morgan fingerprint density at radius 3 is 1.80 bits per heavy atom. The molecule has 0 aliphatic carbocycles. The fourth-order valence-electron chi connectivity index (χ4n) is 3.07. The zero-order valence-electron chi connectivity index (χ0n) is 14.8. The molecule has 0 radical (unpaired) electrons. The number of benzene rings is 3. The van der Waals surface area contributed by atoms with Gasteiger partial charge in [0, 0.05) is 22.6 Å². The van der Waals surface area contributed by atoms with Crippen LogP contribution in [-0.4, -0.2) is 0 Å². The quantitative estimate of drug-likeness (QED) is 0.587. The average molecular weight is 331 g/mol. The van der Waals surface area contributed by atoms with Crippen LogP contribution < -0.4 is 17.2 Å². The van der Waals surface area contributed by atoms with Crippen molar-refractivity contribution in [2.24, 2.45) is 0 Å². The van der Waals surface area contributed by atoms with E-state index in [0.29, 0.717) is 11.4 Å². The molecule has 0 saturated heterocycles. The van der Waals surface area contributed by atoms with E-state index in [4.69, 9.17) is 17.2 Å². The molecular weight excluding hydrogens is 306 g/mol. The first kappa shape index (κ1) is 16.9. The minimum atomic E-state index is 0.685. The summed E-state index contributed by atoms with van der Waals surface area (Å²) in [6.45, 7) is 4.11. The van der Waals surface area contributed by atoms with Gasteiger partial charge in [-0.2, -0.15) is 0 Å². The monoisotopic (exact) mass is 331 g/mol. The van der Waals surface area contributed by atoms with Crippen molar-refractivity contribution in [1.29, 1.82) is 0 Å². The van der Waals surface area contributed by atoms with E-state index >= 15 is 0 Å². The molecule has 0 spiro atoms. The van der Waals surface area contributed by atoms with Crippen molar-refractivity contribution >= 4 is 17.1 Å². The fourth-order valence-corrected chi connectivity index (χ4v) is 3.07. The van der Waals surface area contributed by atoms with Crippen LogP contribution in [0.1, 0.15) is 24.5 Å². The molecule has 0 fully saturated rings. The van der Waals surface area contributed by atoms with E-state index in [0.717, 1.165) is 40.8 Å². The molecule has 3 aromatic carbocycles. The lowest BCUT2D eigenvalue weighted by Gasteiger charge is -2.12. The van der Waals surface area contributed by atoms with Crippen LogP contribution in [0.15, 0.2) is 54.6 Å². The lowest BCUT2D eigenvalue weighted by atomic mass is 9.96. The molecule has 3 rings (SSSR count). The first-order valence-corrected chi connectivity index (χ1v) is 8.64. The molecule has 0 bridgehead atoms. The first-order valence-electron chi connectivity index (χ1n) is 8.64. The second-order valence-electron chi connectivity index (χ2n) is 6.53. The van der Waals surface area contributed by atoms with Gasteiger partial charge in [0.05, 0.1) is 0 Å². The normalized spacial score (nSPS) is 10.8. The highest BCUT2D eigenvalue weighted by Gasteiger charge is 2.09. The summed E-state index contributed by atoms with van der Waals surface area (Å²) in [7, 11) is 0. The summed E-state index contributed by atoms with van der Waals surface area (Å²) in [5.74, 6) is 0. The van der Waals surface area contributed by atoms with Gasteiger partial charge in [-0.3, -0.25) is 0 Å².